The van der Waals surface area contributed by atoms with E-state index in [2.05, 4.69) is 10.3 Å². The van der Waals surface area contributed by atoms with Crippen molar-refractivity contribution in [3.8, 4) is 0 Å². The third kappa shape index (κ3) is 4.80. The Morgan fingerprint density at radius 1 is 1.00 bits per heavy atom. The van der Waals surface area contributed by atoms with Gasteiger partial charge in [-0.15, -0.1) is 0 Å². The lowest BCUT2D eigenvalue weighted by Gasteiger charge is -2.16. The van der Waals surface area contributed by atoms with Crippen LogP contribution in [-0.4, -0.2) is 17.6 Å². The minimum atomic E-state index is -0.208. The zero-order valence-corrected chi connectivity index (χ0v) is 17.5. The first-order valence-electron chi connectivity index (χ1n) is 10.1. The van der Waals surface area contributed by atoms with Gasteiger partial charge in [-0.1, -0.05) is 42.5 Å². The summed E-state index contributed by atoms with van der Waals surface area (Å²) in [5, 5.41) is 2.92. The Morgan fingerprint density at radius 3 is 2.42 bits per heavy atom. The molecule has 2 heterocycles. The lowest BCUT2D eigenvalue weighted by atomic mass is 10.1. The Labute approximate surface area is 180 Å². The topological polar surface area (TPSA) is 74.9 Å². The summed E-state index contributed by atoms with van der Waals surface area (Å²) in [5.41, 5.74) is 2.97. The van der Waals surface area contributed by atoms with E-state index >= 15 is 0 Å². The van der Waals surface area contributed by atoms with Crippen LogP contribution in [-0.2, 0) is 22.6 Å². The van der Waals surface area contributed by atoms with E-state index in [1.807, 2.05) is 67.6 Å². The summed E-state index contributed by atoms with van der Waals surface area (Å²) in [5.74, 6) is 1.70. The van der Waals surface area contributed by atoms with Gasteiger partial charge in [-0.25, -0.2) is 4.99 Å². The third-order valence-corrected chi connectivity index (χ3v) is 4.96. The monoisotopic (exact) mass is 413 g/mol. The quantitative estimate of drug-likeness (QED) is 0.614. The number of aliphatic imine (C=N–C) groups is 1. The number of aryl methyl sites for hydroxylation is 1. The van der Waals surface area contributed by atoms with Crippen molar-refractivity contribution >= 4 is 29.4 Å². The van der Waals surface area contributed by atoms with Crippen molar-refractivity contribution in [2.45, 2.75) is 26.8 Å². The highest BCUT2D eigenvalue weighted by atomic mass is 16.3. The van der Waals surface area contributed by atoms with Gasteiger partial charge in [0.15, 0.2) is 0 Å². The highest BCUT2D eigenvalue weighted by molar-refractivity contribution is 6.28. The Hall–Kier alpha value is -3.93. The highest BCUT2D eigenvalue weighted by Crippen LogP contribution is 2.25. The van der Waals surface area contributed by atoms with Gasteiger partial charge in [0.1, 0.15) is 23.1 Å². The first kappa shape index (κ1) is 20.3. The number of furan rings is 1. The zero-order valence-electron chi connectivity index (χ0n) is 17.5. The molecule has 6 nitrogen and oxygen atoms in total. The van der Waals surface area contributed by atoms with Gasteiger partial charge in [0.25, 0.3) is 5.91 Å². The normalized spacial score (nSPS) is 14.8. The Bertz CT molecular complexity index is 1160. The number of rotatable bonds is 6. The summed E-state index contributed by atoms with van der Waals surface area (Å²) < 4.78 is 5.52. The van der Waals surface area contributed by atoms with Crippen LogP contribution in [0.15, 0.2) is 81.8 Å². The van der Waals surface area contributed by atoms with Crippen molar-refractivity contribution in [3.63, 3.8) is 0 Å². The molecule has 1 aliphatic rings. The summed E-state index contributed by atoms with van der Waals surface area (Å²) >= 11 is 0. The molecule has 0 radical (unpaired) electrons. The number of anilines is 1. The molecule has 4 rings (SSSR count). The van der Waals surface area contributed by atoms with Gasteiger partial charge in [0.05, 0.1) is 12.1 Å². The molecule has 1 aliphatic heterocycles. The highest BCUT2D eigenvalue weighted by Gasteiger charge is 2.29. The van der Waals surface area contributed by atoms with Crippen molar-refractivity contribution in [1.82, 2.24) is 5.32 Å². The SMILES string of the molecule is CC1=NC(=Cc2ccc(C)o2)C(=O)N1c1ccc(CC(=O)NCc2ccccc2)cc1. The first-order valence-corrected chi connectivity index (χ1v) is 10.1. The second kappa shape index (κ2) is 8.83. The second-order valence-electron chi connectivity index (χ2n) is 7.38. The number of nitrogens with one attached hydrogen (secondary N) is 1. The predicted octanol–water partition coefficient (Wildman–Crippen LogP) is 4.25. The Morgan fingerprint density at radius 2 is 1.74 bits per heavy atom. The van der Waals surface area contributed by atoms with Crippen LogP contribution >= 0.6 is 0 Å². The first-order chi connectivity index (χ1) is 15.0. The summed E-state index contributed by atoms with van der Waals surface area (Å²) in [6.45, 7) is 4.14. The van der Waals surface area contributed by atoms with Gasteiger partial charge in [-0.05, 0) is 49.2 Å². The van der Waals surface area contributed by atoms with Crippen LogP contribution in [0.3, 0.4) is 0 Å². The average molecular weight is 413 g/mol. The van der Waals surface area contributed by atoms with E-state index in [4.69, 9.17) is 4.42 Å². The molecule has 0 atom stereocenters. The molecule has 2 amide bonds. The van der Waals surface area contributed by atoms with Crippen LogP contribution in [0.4, 0.5) is 5.69 Å². The van der Waals surface area contributed by atoms with Crippen LogP contribution in [0.2, 0.25) is 0 Å². The molecule has 0 saturated heterocycles. The van der Waals surface area contributed by atoms with Crippen molar-refractivity contribution in [1.29, 1.82) is 0 Å². The zero-order chi connectivity index (χ0) is 21.8. The van der Waals surface area contributed by atoms with E-state index in [-0.39, 0.29) is 18.2 Å². The fourth-order valence-corrected chi connectivity index (χ4v) is 3.40. The van der Waals surface area contributed by atoms with E-state index in [9.17, 15) is 9.59 Å². The average Bonchev–Trinajstić information content (AvgIpc) is 3.30. The molecule has 0 saturated carbocycles. The molecule has 2 aromatic carbocycles. The Balaban J connectivity index is 1.40. The molecule has 31 heavy (non-hydrogen) atoms. The van der Waals surface area contributed by atoms with Crippen molar-refractivity contribution < 1.29 is 14.0 Å². The van der Waals surface area contributed by atoms with Crippen LogP contribution in [0.5, 0.6) is 0 Å². The largest absolute Gasteiger partial charge is 0.462 e. The van der Waals surface area contributed by atoms with Gasteiger partial charge in [-0.3, -0.25) is 14.5 Å². The summed E-state index contributed by atoms with van der Waals surface area (Å²) in [4.78, 5) is 31.0. The number of carbonyl (C=O) groups is 2. The number of hydrogen-bond donors (Lipinski definition) is 1. The number of benzene rings is 2. The molecule has 0 aliphatic carbocycles. The number of amides is 2. The van der Waals surface area contributed by atoms with Gasteiger partial charge >= 0.3 is 0 Å². The van der Waals surface area contributed by atoms with Crippen LogP contribution in [0.1, 0.15) is 29.6 Å². The number of hydrogen-bond acceptors (Lipinski definition) is 4. The van der Waals surface area contributed by atoms with Crippen molar-refractivity contribution in [2.24, 2.45) is 4.99 Å². The molecule has 156 valence electrons. The molecular formula is C25H23N3O3. The fourth-order valence-electron chi connectivity index (χ4n) is 3.40. The lowest BCUT2D eigenvalue weighted by Crippen LogP contribution is -2.30. The number of nitrogens with zero attached hydrogens (tertiary/aromatic N) is 2. The predicted molar refractivity (Wildman–Crippen MR) is 120 cm³/mol. The summed E-state index contributed by atoms with van der Waals surface area (Å²) in [7, 11) is 0. The maximum atomic E-state index is 12.8. The van der Waals surface area contributed by atoms with Crippen LogP contribution < -0.4 is 10.2 Å². The van der Waals surface area contributed by atoms with E-state index in [1.54, 1.807) is 24.0 Å². The lowest BCUT2D eigenvalue weighted by molar-refractivity contribution is -0.120. The van der Waals surface area contributed by atoms with E-state index in [0.29, 0.717) is 29.5 Å². The van der Waals surface area contributed by atoms with Crippen LogP contribution in [0, 0.1) is 6.92 Å². The minimum absolute atomic E-state index is 0.0504. The molecule has 0 bridgehead atoms. The van der Waals surface area contributed by atoms with Crippen molar-refractivity contribution in [3.05, 3.63) is 95.1 Å². The molecule has 0 unspecified atom stereocenters. The van der Waals surface area contributed by atoms with Gasteiger partial charge in [0.2, 0.25) is 5.91 Å². The third-order valence-electron chi connectivity index (χ3n) is 4.96. The fraction of sp³-hybridized carbons (Fsp3) is 0.160. The smallest absolute Gasteiger partial charge is 0.282 e. The van der Waals surface area contributed by atoms with Gasteiger partial charge < -0.3 is 9.73 Å². The van der Waals surface area contributed by atoms with Crippen LogP contribution in [0.25, 0.3) is 6.08 Å². The van der Waals surface area contributed by atoms with E-state index in [1.165, 1.54) is 0 Å². The molecule has 0 fully saturated rings. The van der Waals surface area contributed by atoms with Gasteiger partial charge in [-0.2, -0.15) is 0 Å². The second-order valence-corrected chi connectivity index (χ2v) is 7.38. The maximum absolute atomic E-state index is 12.8. The summed E-state index contributed by atoms with van der Waals surface area (Å²) in [6, 6.07) is 20.8. The Kier molecular flexibility index (Phi) is 5.80. The standard InChI is InChI=1S/C25H23N3O3/c1-17-8-13-22(31-17)15-23-25(30)28(18(2)27-23)21-11-9-19(10-12-21)14-24(29)26-16-20-6-4-3-5-7-20/h3-13,15H,14,16H2,1-2H3,(H,26,29). The number of carbonyl (C=O) groups excluding carboxylic acids is 2. The number of amidine groups is 1. The van der Waals surface area contributed by atoms with E-state index in [0.717, 1.165) is 16.9 Å². The molecular weight excluding hydrogens is 390 g/mol. The molecule has 1 N–H and O–H groups in total. The molecule has 3 aromatic rings. The molecule has 1 aromatic heterocycles. The van der Waals surface area contributed by atoms with Gasteiger partial charge in [0, 0.05) is 12.6 Å². The minimum Gasteiger partial charge on any atom is -0.462 e. The maximum Gasteiger partial charge on any atom is 0.282 e. The summed E-state index contributed by atoms with van der Waals surface area (Å²) in [6.07, 6.45) is 1.92. The molecule has 6 heteroatoms. The van der Waals surface area contributed by atoms with Crippen molar-refractivity contribution in [2.75, 3.05) is 4.90 Å². The van der Waals surface area contributed by atoms with E-state index < -0.39 is 0 Å². The molecule has 0 spiro atoms.